The summed E-state index contributed by atoms with van der Waals surface area (Å²) in [6, 6.07) is 17.1. The van der Waals surface area contributed by atoms with Crippen LogP contribution in [0.25, 0.3) is 6.08 Å². The van der Waals surface area contributed by atoms with E-state index in [2.05, 4.69) is 5.32 Å². The van der Waals surface area contributed by atoms with Crippen LogP contribution in [0.15, 0.2) is 60.4 Å². The topological polar surface area (TPSA) is 58.6 Å². The number of nitrogens with one attached hydrogen (secondary N) is 1. The molecule has 150 valence electrons. The van der Waals surface area contributed by atoms with Gasteiger partial charge in [0.25, 0.3) is 5.91 Å². The lowest BCUT2D eigenvalue weighted by molar-refractivity contribution is -0.124. The minimum Gasteiger partial charge on any atom is -0.449 e. The van der Waals surface area contributed by atoms with Gasteiger partial charge < -0.3 is 10.1 Å². The fraction of sp³-hybridized carbons (Fsp3) is 0.333. The maximum atomic E-state index is 13.1. The third-order valence-electron chi connectivity index (χ3n) is 5.45. The maximum absolute atomic E-state index is 13.1. The minimum absolute atomic E-state index is 0.0121. The van der Waals surface area contributed by atoms with Crippen LogP contribution in [-0.4, -0.2) is 24.4 Å². The Morgan fingerprint density at radius 3 is 2.45 bits per heavy atom. The van der Waals surface area contributed by atoms with Crippen LogP contribution in [-0.2, 0) is 9.59 Å². The zero-order valence-electron chi connectivity index (χ0n) is 16.5. The van der Waals surface area contributed by atoms with Crippen LogP contribution in [0, 0.1) is 0 Å². The summed E-state index contributed by atoms with van der Waals surface area (Å²) in [4.78, 5) is 27.4. The van der Waals surface area contributed by atoms with E-state index in [1.807, 2.05) is 54.6 Å². The number of rotatable bonds is 4. The highest BCUT2D eigenvalue weighted by atomic mass is 16.5. The van der Waals surface area contributed by atoms with Gasteiger partial charge in [-0.2, -0.15) is 0 Å². The molecule has 2 aliphatic rings. The average Bonchev–Trinajstić information content (AvgIpc) is 3.00. The van der Waals surface area contributed by atoms with E-state index in [1.54, 1.807) is 6.08 Å². The molecule has 5 heteroatoms. The molecule has 0 spiro atoms. The zero-order valence-corrected chi connectivity index (χ0v) is 16.5. The van der Waals surface area contributed by atoms with E-state index in [0.29, 0.717) is 11.4 Å². The number of amides is 2. The summed E-state index contributed by atoms with van der Waals surface area (Å²) in [7, 11) is 0. The summed E-state index contributed by atoms with van der Waals surface area (Å²) < 4.78 is 5.86. The Morgan fingerprint density at radius 2 is 1.69 bits per heavy atom. The van der Waals surface area contributed by atoms with Crippen molar-refractivity contribution in [1.82, 2.24) is 5.32 Å². The van der Waals surface area contributed by atoms with Gasteiger partial charge in [-0.25, -0.2) is 0 Å². The van der Waals surface area contributed by atoms with Crippen LogP contribution in [0.5, 0.6) is 5.75 Å². The van der Waals surface area contributed by atoms with E-state index in [-0.39, 0.29) is 30.2 Å². The van der Waals surface area contributed by atoms with Gasteiger partial charge in [-0.15, -0.1) is 0 Å². The quantitative estimate of drug-likeness (QED) is 0.626. The van der Waals surface area contributed by atoms with E-state index in [0.717, 1.165) is 31.2 Å². The summed E-state index contributed by atoms with van der Waals surface area (Å²) in [6.07, 6.45) is 8.50. The van der Waals surface area contributed by atoms with E-state index in [1.165, 1.54) is 17.7 Å². The molecule has 0 unspecified atom stereocenters. The Bertz CT molecular complexity index is 899. The molecule has 2 amide bonds. The normalized spacial score (nSPS) is 18.7. The molecule has 4 rings (SSSR count). The van der Waals surface area contributed by atoms with Crippen molar-refractivity contribution >= 4 is 23.6 Å². The largest absolute Gasteiger partial charge is 0.449 e. The molecule has 1 saturated carbocycles. The lowest BCUT2D eigenvalue weighted by Crippen LogP contribution is -2.46. The van der Waals surface area contributed by atoms with Crippen LogP contribution in [0.3, 0.4) is 0 Å². The van der Waals surface area contributed by atoms with Crippen LogP contribution < -0.4 is 15.0 Å². The van der Waals surface area contributed by atoms with Crippen molar-refractivity contribution in [3.8, 4) is 5.75 Å². The number of ether oxygens (including phenoxy) is 1. The molecule has 5 nitrogen and oxygen atoms in total. The summed E-state index contributed by atoms with van der Waals surface area (Å²) in [6.45, 7) is -0.0121. The Balaban J connectivity index is 1.55. The highest BCUT2D eigenvalue weighted by Gasteiger charge is 2.32. The second kappa shape index (κ2) is 8.95. The highest BCUT2D eigenvalue weighted by molar-refractivity contribution is 6.12. The molecule has 1 fully saturated rings. The van der Waals surface area contributed by atoms with Crippen molar-refractivity contribution in [2.75, 3.05) is 11.4 Å². The molecule has 1 aliphatic carbocycles. The lowest BCUT2D eigenvalue weighted by Gasteiger charge is -2.30. The highest BCUT2D eigenvalue weighted by Crippen LogP contribution is 2.35. The zero-order chi connectivity index (χ0) is 20.1. The monoisotopic (exact) mass is 390 g/mol. The second-order valence-electron chi connectivity index (χ2n) is 7.64. The first kappa shape index (κ1) is 19.2. The first-order chi connectivity index (χ1) is 14.2. The summed E-state index contributed by atoms with van der Waals surface area (Å²) in [5.41, 5.74) is 1.50. The predicted octanol–water partition coefficient (Wildman–Crippen LogP) is 4.29. The lowest BCUT2D eigenvalue weighted by atomic mass is 10.1. The number of benzene rings is 2. The van der Waals surface area contributed by atoms with Crippen molar-refractivity contribution in [2.24, 2.45) is 0 Å². The van der Waals surface area contributed by atoms with Gasteiger partial charge in [-0.05, 0) is 36.6 Å². The molecule has 0 radical (unpaired) electrons. The predicted molar refractivity (Wildman–Crippen MR) is 113 cm³/mol. The molecule has 2 aromatic rings. The van der Waals surface area contributed by atoms with Gasteiger partial charge in [0, 0.05) is 6.04 Å². The molecular weight excluding hydrogens is 364 g/mol. The first-order valence-electron chi connectivity index (χ1n) is 10.4. The summed E-state index contributed by atoms with van der Waals surface area (Å²) in [5.74, 6) is 0.373. The van der Waals surface area contributed by atoms with Gasteiger partial charge in [-0.3, -0.25) is 14.5 Å². The number of carbonyl (C=O) groups excluding carboxylic acids is 2. The molecule has 0 aromatic heterocycles. The van der Waals surface area contributed by atoms with E-state index in [4.69, 9.17) is 4.74 Å². The minimum atomic E-state index is -0.302. The Kier molecular flexibility index (Phi) is 5.94. The number of para-hydroxylation sites is 2. The van der Waals surface area contributed by atoms with E-state index in [9.17, 15) is 9.59 Å². The first-order valence-corrected chi connectivity index (χ1v) is 10.4. The maximum Gasteiger partial charge on any atom is 0.294 e. The molecule has 29 heavy (non-hydrogen) atoms. The number of carbonyl (C=O) groups is 2. The Hall–Kier alpha value is -3.08. The molecule has 1 N–H and O–H groups in total. The smallest absolute Gasteiger partial charge is 0.294 e. The van der Waals surface area contributed by atoms with Gasteiger partial charge in [0.1, 0.15) is 6.54 Å². The average molecular weight is 390 g/mol. The summed E-state index contributed by atoms with van der Waals surface area (Å²) in [5, 5.41) is 3.13. The van der Waals surface area contributed by atoms with Crippen LogP contribution in [0.4, 0.5) is 5.69 Å². The molecule has 0 saturated heterocycles. The Morgan fingerprint density at radius 1 is 1.00 bits per heavy atom. The van der Waals surface area contributed by atoms with Gasteiger partial charge in [-0.1, -0.05) is 68.1 Å². The number of fused-ring (bicyclic) bond motifs is 1. The number of hydrogen-bond acceptors (Lipinski definition) is 3. The van der Waals surface area contributed by atoms with Crippen LogP contribution in [0.2, 0.25) is 0 Å². The molecular formula is C24H26N2O3. The Labute approximate surface area is 171 Å². The third-order valence-corrected chi connectivity index (χ3v) is 5.45. The van der Waals surface area contributed by atoms with Crippen molar-refractivity contribution in [2.45, 2.75) is 44.6 Å². The van der Waals surface area contributed by atoms with Crippen molar-refractivity contribution in [3.05, 3.63) is 65.9 Å². The molecule has 0 atom stereocenters. The van der Waals surface area contributed by atoms with Gasteiger partial charge in [0.15, 0.2) is 11.5 Å². The molecule has 1 aliphatic heterocycles. The SMILES string of the molecule is O=C(CN1C(=O)/C(=C\c2ccccc2)Oc2ccccc21)NC1CCCCCC1. The molecule has 2 aromatic carbocycles. The fourth-order valence-corrected chi connectivity index (χ4v) is 3.96. The van der Waals surface area contributed by atoms with Gasteiger partial charge in [0.2, 0.25) is 5.91 Å². The van der Waals surface area contributed by atoms with Gasteiger partial charge in [0.05, 0.1) is 5.69 Å². The number of hydrogen-bond donors (Lipinski definition) is 1. The number of anilines is 1. The van der Waals surface area contributed by atoms with Crippen LogP contribution >= 0.6 is 0 Å². The van der Waals surface area contributed by atoms with Crippen molar-refractivity contribution < 1.29 is 14.3 Å². The van der Waals surface area contributed by atoms with Crippen molar-refractivity contribution in [3.63, 3.8) is 0 Å². The number of nitrogens with zero attached hydrogens (tertiary/aromatic N) is 1. The fourth-order valence-electron chi connectivity index (χ4n) is 3.96. The third kappa shape index (κ3) is 4.67. The van der Waals surface area contributed by atoms with Crippen molar-refractivity contribution in [1.29, 1.82) is 0 Å². The second-order valence-corrected chi connectivity index (χ2v) is 7.64. The van der Waals surface area contributed by atoms with E-state index < -0.39 is 0 Å². The van der Waals surface area contributed by atoms with Gasteiger partial charge >= 0.3 is 0 Å². The van der Waals surface area contributed by atoms with Crippen LogP contribution in [0.1, 0.15) is 44.1 Å². The summed E-state index contributed by atoms with van der Waals surface area (Å²) >= 11 is 0. The standard InChI is InChI=1S/C24H26N2O3/c27-23(25-19-12-6-1-2-7-13-19)17-26-20-14-8-9-15-21(20)29-22(24(26)28)16-18-10-4-3-5-11-18/h3-5,8-11,14-16,19H,1-2,6-7,12-13,17H2,(H,25,27)/b22-16+. The molecule has 0 bridgehead atoms. The molecule has 1 heterocycles. The van der Waals surface area contributed by atoms with E-state index >= 15 is 0 Å².